The summed E-state index contributed by atoms with van der Waals surface area (Å²) in [6, 6.07) is 12.5. The Labute approximate surface area is 191 Å². The first-order valence-corrected chi connectivity index (χ1v) is 13.1. The molecular formula is C25H32N2O4S. The average Bonchev–Trinajstić information content (AvgIpc) is 3.09. The molecule has 2 aromatic carbocycles. The standard InChI is InChI=1S/C25H32N2O4S/c1-19(31-23-13-10-20-8-4-5-9-21(20)18-23)25(28)26-22-11-14-24(15-12-22)32(29,30)27-16-6-2-3-7-17-27/h10-15,18-19H,2-9,16-17H2,1H3,(H,26,28)/t19-/m1/s1. The summed E-state index contributed by atoms with van der Waals surface area (Å²) in [5.74, 6) is 0.429. The van der Waals surface area contributed by atoms with E-state index in [0.29, 0.717) is 24.5 Å². The van der Waals surface area contributed by atoms with Gasteiger partial charge < -0.3 is 10.1 Å². The van der Waals surface area contributed by atoms with Crippen LogP contribution in [0.15, 0.2) is 47.4 Å². The van der Waals surface area contributed by atoms with E-state index in [9.17, 15) is 13.2 Å². The quantitative estimate of drug-likeness (QED) is 0.693. The summed E-state index contributed by atoms with van der Waals surface area (Å²) < 4.78 is 33.3. The van der Waals surface area contributed by atoms with Gasteiger partial charge in [-0.05, 0) is 93.0 Å². The van der Waals surface area contributed by atoms with E-state index in [1.165, 1.54) is 24.0 Å². The third-order valence-corrected chi connectivity index (χ3v) is 8.24. The molecule has 1 atom stereocenters. The van der Waals surface area contributed by atoms with Gasteiger partial charge in [0.15, 0.2) is 6.10 Å². The van der Waals surface area contributed by atoms with Gasteiger partial charge in [0.05, 0.1) is 4.90 Å². The van der Waals surface area contributed by atoms with E-state index in [-0.39, 0.29) is 10.8 Å². The molecule has 0 bridgehead atoms. The maximum absolute atomic E-state index is 12.9. The Kier molecular flexibility index (Phi) is 7.16. The lowest BCUT2D eigenvalue weighted by Crippen LogP contribution is -2.32. The van der Waals surface area contributed by atoms with Crippen LogP contribution in [0.4, 0.5) is 5.69 Å². The van der Waals surface area contributed by atoms with Crippen LogP contribution in [0.2, 0.25) is 0 Å². The highest BCUT2D eigenvalue weighted by molar-refractivity contribution is 7.89. The normalized spacial score (nSPS) is 18.3. The lowest BCUT2D eigenvalue weighted by atomic mass is 9.92. The zero-order valence-corrected chi connectivity index (χ0v) is 19.5. The summed E-state index contributed by atoms with van der Waals surface area (Å²) in [5.41, 5.74) is 3.23. The number of nitrogens with one attached hydrogen (secondary N) is 1. The van der Waals surface area contributed by atoms with Crippen molar-refractivity contribution >= 4 is 21.6 Å². The van der Waals surface area contributed by atoms with E-state index >= 15 is 0 Å². The molecule has 1 saturated heterocycles. The molecule has 0 spiro atoms. The molecule has 4 rings (SSSR count). The fourth-order valence-electron chi connectivity index (χ4n) is 4.43. The van der Waals surface area contributed by atoms with Crippen molar-refractivity contribution in [1.29, 1.82) is 0 Å². The van der Waals surface area contributed by atoms with Gasteiger partial charge in [-0.3, -0.25) is 4.79 Å². The molecule has 0 saturated carbocycles. The minimum atomic E-state index is -3.50. The molecule has 0 unspecified atom stereocenters. The number of carbonyl (C=O) groups is 1. The van der Waals surface area contributed by atoms with Crippen LogP contribution >= 0.6 is 0 Å². The van der Waals surface area contributed by atoms with Crippen molar-refractivity contribution in [2.45, 2.75) is 69.3 Å². The van der Waals surface area contributed by atoms with Gasteiger partial charge in [0.1, 0.15) is 5.75 Å². The van der Waals surface area contributed by atoms with Crippen molar-refractivity contribution < 1.29 is 17.9 Å². The van der Waals surface area contributed by atoms with Crippen LogP contribution in [-0.4, -0.2) is 37.8 Å². The second-order valence-corrected chi connectivity index (χ2v) is 10.7. The minimum Gasteiger partial charge on any atom is -0.481 e. The molecule has 1 N–H and O–H groups in total. The Bertz CT molecular complexity index is 1040. The molecule has 7 heteroatoms. The average molecular weight is 457 g/mol. The highest BCUT2D eigenvalue weighted by Gasteiger charge is 2.25. The van der Waals surface area contributed by atoms with Crippen LogP contribution in [0.3, 0.4) is 0 Å². The first kappa shape index (κ1) is 22.8. The molecule has 1 aliphatic heterocycles. The first-order valence-electron chi connectivity index (χ1n) is 11.6. The zero-order chi connectivity index (χ0) is 22.6. The van der Waals surface area contributed by atoms with Gasteiger partial charge in [-0.25, -0.2) is 8.42 Å². The molecule has 1 amide bonds. The number of aryl methyl sites for hydroxylation is 2. The SMILES string of the molecule is C[C@@H](Oc1ccc2c(c1)CCCC2)C(=O)Nc1ccc(S(=O)(=O)N2CCCCCC2)cc1. The Hall–Kier alpha value is -2.38. The van der Waals surface area contributed by atoms with Crippen molar-refractivity contribution in [3.8, 4) is 5.75 Å². The fraction of sp³-hybridized carbons (Fsp3) is 0.480. The van der Waals surface area contributed by atoms with Gasteiger partial charge in [0.25, 0.3) is 5.91 Å². The number of carbonyl (C=O) groups excluding carboxylic acids is 1. The number of sulfonamides is 1. The van der Waals surface area contributed by atoms with Gasteiger partial charge in [0, 0.05) is 18.8 Å². The van der Waals surface area contributed by atoms with Crippen molar-refractivity contribution in [2.24, 2.45) is 0 Å². The van der Waals surface area contributed by atoms with Crippen LogP contribution < -0.4 is 10.1 Å². The van der Waals surface area contributed by atoms with E-state index < -0.39 is 16.1 Å². The number of amides is 1. The van der Waals surface area contributed by atoms with Crippen molar-refractivity contribution in [2.75, 3.05) is 18.4 Å². The van der Waals surface area contributed by atoms with Crippen molar-refractivity contribution in [3.05, 3.63) is 53.6 Å². The monoisotopic (exact) mass is 456 g/mol. The van der Waals surface area contributed by atoms with E-state index in [2.05, 4.69) is 11.4 Å². The lowest BCUT2D eigenvalue weighted by molar-refractivity contribution is -0.122. The Morgan fingerprint density at radius 1 is 0.906 bits per heavy atom. The Morgan fingerprint density at radius 2 is 1.56 bits per heavy atom. The molecule has 1 aliphatic carbocycles. The minimum absolute atomic E-state index is 0.260. The van der Waals surface area contributed by atoms with Crippen LogP contribution in [0.5, 0.6) is 5.75 Å². The van der Waals surface area contributed by atoms with Crippen LogP contribution in [0.1, 0.15) is 56.6 Å². The molecule has 2 aliphatic rings. The summed E-state index contributed by atoms with van der Waals surface area (Å²) >= 11 is 0. The highest BCUT2D eigenvalue weighted by atomic mass is 32.2. The molecule has 6 nitrogen and oxygen atoms in total. The van der Waals surface area contributed by atoms with Gasteiger partial charge in [0.2, 0.25) is 10.0 Å². The predicted molar refractivity (Wildman–Crippen MR) is 125 cm³/mol. The maximum atomic E-state index is 12.9. The van der Waals surface area contributed by atoms with E-state index in [0.717, 1.165) is 38.5 Å². The smallest absolute Gasteiger partial charge is 0.265 e. The first-order chi connectivity index (χ1) is 15.4. The summed E-state index contributed by atoms with van der Waals surface area (Å²) in [7, 11) is -3.50. The van der Waals surface area contributed by atoms with Gasteiger partial charge in [-0.1, -0.05) is 18.9 Å². The number of hydrogen-bond acceptors (Lipinski definition) is 4. The number of fused-ring (bicyclic) bond motifs is 1. The van der Waals surface area contributed by atoms with E-state index in [4.69, 9.17) is 4.74 Å². The molecule has 32 heavy (non-hydrogen) atoms. The molecular weight excluding hydrogens is 424 g/mol. The van der Waals surface area contributed by atoms with Crippen LogP contribution in [0.25, 0.3) is 0 Å². The number of nitrogens with zero attached hydrogens (tertiary/aromatic N) is 1. The third-order valence-electron chi connectivity index (χ3n) is 6.33. The summed E-state index contributed by atoms with van der Waals surface area (Å²) in [6.45, 7) is 2.85. The molecule has 1 heterocycles. The maximum Gasteiger partial charge on any atom is 0.265 e. The zero-order valence-electron chi connectivity index (χ0n) is 18.7. The van der Waals surface area contributed by atoms with Gasteiger partial charge >= 0.3 is 0 Å². The number of rotatable bonds is 6. The molecule has 2 aromatic rings. The van der Waals surface area contributed by atoms with Crippen LogP contribution in [-0.2, 0) is 27.7 Å². The summed E-state index contributed by atoms with van der Waals surface area (Å²) in [4.78, 5) is 12.9. The third kappa shape index (κ3) is 5.33. The number of hydrogen-bond donors (Lipinski definition) is 1. The van der Waals surface area contributed by atoms with Crippen molar-refractivity contribution in [3.63, 3.8) is 0 Å². The number of ether oxygens (including phenoxy) is 1. The fourth-order valence-corrected chi connectivity index (χ4v) is 5.94. The highest BCUT2D eigenvalue weighted by Crippen LogP contribution is 2.26. The van der Waals surface area contributed by atoms with Gasteiger partial charge in [-0.2, -0.15) is 4.31 Å². The molecule has 1 fully saturated rings. The Balaban J connectivity index is 1.37. The molecule has 172 valence electrons. The van der Waals surface area contributed by atoms with E-state index in [1.807, 2.05) is 12.1 Å². The summed E-state index contributed by atoms with van der Waals surface area (Å²) in [5, 5.41) is 2.82. The van der Waals surface area contributed by atoms with Crippen LogP contribution in [0, 0.1) is 0 Å². The largest absolute Gasteiger partial charge is 0.481 e. The topological polar surface area (TPSA) is 75.7 Å². The Morgan fingerprint density at radius 3 is 2.25 bits per heavy atom. The van der Waals surface area contributed by atoms with Crippen molar-refractivity contribution in [1.82, 2.24) is 4.31 Å². The molecule has 0 aromatic heterocycles. The number of benzene rings is 2. The lowest BCUT2D eigenvalue weighted by Gasteiger charge is -2.20. The predicted octanol–water partition coefficient (Wildman–Crippen LogP) is 4.54. The van der Waals surface area contributed by atoms with E-state index in [1.54, 1.807) is 35.5 Å². The second-order valence-electron chi connectivity index (χ2n) is 8.73. The number of anilines is 1. The summed E-state index contributed by atoms with van der Waals surface area (Å²) in [6.07, 6.45) is 7.85. The van der Waals surface area contributed by atoms with Gasteiger partial charge in [-0.15, -0.1) is 0 Å². The molecule has 0 radical (unpaired) electrons. The second kappa shape index (κ2) is 10.0.